The summed E-state index contributed by atoms with van der Waals surface area (Å²) in [6.07, 6.45) is 5.41. The van der Waals surface area contributed by atoms with Gasteiger partial charge in [0.1, 0.15) is 5.82 Å². The van der Waals surface area contributed by atoms with Crippen molar-refractivity contribution in [2.45, 2.75) is 25.4 Å². The van der Waals surface area contributed by atoms with E-state index in [0.717, 1.165) is 55.1 Å². The Morgan fingerprint density at radius 2 is 2.12 bits per heavy atom. The van der Waals surface area contributed by atoms with Crippen LogP contribution in [0.25, 0.3) is 11.0 Å². The number of amides is 1. The Morgan fingerprint density at radius 1 is 1.24 bits per heavy atom. The zero-order valence-electron chi connectivity index (χ0n) is 13.9. The molecule has 2 aliphatic heterocycles. The van der Waals surface area contributed by atoms with Crippen molar-refractivity contribution in [1.82, 2.24) is 24.6 Å². The van der Waals surface area contributed by atoms with Crippen LogP contribution in [-0.2, 0) is 11.3 Å². The van der Waals surface area contributed by atoms with Gasteiger partial charge in [-0.15, -0.1) is 0 Å². The number of rotatable bonds is 4. The van der Waals surface area contributed by atoms with Gasteiger partial charge in [-0.25, -0.2) is 4.98 Å². The quantitative estimate of drug-likeness (QED) is 0.790. The fraction of sp³-hybridized carbons (Fsp3) is 0.389. The molecule has 128 valence electrons. The lowest BCUT2D eigenvalue weighted by atomic mass is 10.1. The molecule has 1 aromatic carbocycles. The van der Waals surface area contributed by atoms with Gasteiger partial charge in [-0.2, -0.15) is 5.10 Å². The molecule has 0 spiro atoms. The Kier molecular flexibility index (Phi) is 3.34. The van der Waals surface area contributed by atoms with Crippen LogP contribution in [-0.4, -0.2) is 50.2 Å². The van der Waals surface area contributed by atoms with Gasteiger partial charge in [0.15, 0.2) is 0 Å². The maximum Gasteiger partial charge on any atom is 0.227 e. The highest BCUT2D eigenvalue weighted by molar-refractivity contribution is 5.95. The van der Waals surface area contributed by atoms with Crippen molar-refractivity contribution >= 4 is 22.6 Å². The Hall–Kier alpha value is -2.67. The van der Waals surface area contributed by atoms with E-state index >= 15 is 0 Å². The van der Waals surface area contributed by atoms with E-state index in [2.05, 4.69) is 26.0 Å². The molecule has 0 unspecified atom stereocenters. The highest BCUT2D eigenvalue weighted by Crippen LogP contribution is 2.26. The second-order valence-electron chi connectivity index (χ2n) is 6.88. The fourth-order valence-corrected chi connectivity index (χ4v) is 3.72. The van der Waals surface area contributed by atoms with Crippen LogP contribution >= 0.6 is 0 Å². The zero-order chi connectivity index (χ0) is 16.8. The van der Waals surface area contributed by atoms with Gasteiger partial charge in [-0.1, -0.05) is 12.1 Å². The molecule has 5 rings (SSSR count). The van der Waals surface area contributed by atoms with Gasteiger partial charge in [0, 0.05) is 32.3 Å². The highest BCUT2D eigenvalue weighted by atomic mass is 16.2. The van der Waals surface area contributed by atoms with Crippen LogP contribution in [0.3, 0.4) is 0 Å². The molecule has 2 fully saturated rings. The third-order valence-corrected chi connectivity index (χ3v) is 5.10. The van der Waals surface area contributed by atoms with Crippen molar-refractivity contribution in [1.29, 1.82) is 0 Å². The summed E-state index contributed by atoms with van der Waals surface area (Å²) in [5, 5.41) is 4.47. The minimum Gasteiger partial charge on any atom is -0.341 e. The summed E-state index contributed by atoms with van der Waals surface area (Å²) in [6.45, 7) is 3.54. The maximum absolute atomic E-state index is 11.8. The molecular weight excluding hydrogens is 316 g/mol. The molecule has 2 aliphatic rings. The number of likely N-dealkylation sites (tertiary alicyclic amines) is 1. The number of hydrogen-bond donors (Lipinski definition) is 1. The minimum atomic E-state index is 0.208. The van der Waals surface area contributed by atoms with Crippen LogP contribution in [0.4, 0.5) is 5.69 Å². The SMILES string of the molecule is O=C1CCCN1c1cnn(C2CN(Cc3nc4ccccc4[nH]3)C2)c1. The van der Waals surface area contributed by atoms with E-state index in [9.17, 15) is 4.79 Å². The molecule has 0 radical (unpaired) electrons. The van der Waals surface area contributed by atoms with Crippen molar-refractivity contribution in [3.05, 3.63) is 42.5 Å². The number of fused-ring (bicyclic) bond motifs is 1. The monoisotopic (exact) mass is 336 g/mol. The van der Waals surface area contributed by atoms with Gasteiger partial charge in [0.2, 0.25) is 5.91 Å². The van der Waals surface area contributed by atoms with Crippen molar-refractivity contribution in [3.8, 4) is 0 Å². The van der Waals surface area contributed by atoms with Crippen molar-refractivity contribution in [2.75, 3.05) is 24.5 Å². The van der Waals surface area contributed by atoms with Crippen LogP contribution in [0.5, 0.6) is 0 Å². The van der Waals surface area contributed by atoms with Crippen LogP contribution in [0.1, 0.15) is 24.7 Å². The molecule has 0 saturated carbocycles. The Balaban J connectivity index is 1.21. The molecule has 1 N–H and O–H groups in total. The third kappa shape index (κ3) is 2.60. The highest BCUT2D eigenvalue weighted by Gasteiger charge is 2.30. The number of aromatic nitrogens is 4. The van der Waals surface area contributed by atoms with Gasteiger partial charge < -0.3 is 9.88 Å². The van der Waals surface area contributed by atoms with Crippen molar-refractivity contribution in [2.24, 2.45) is 0 Å². The van der Waals surface area contributed by atoms with Crippen LogP contribution in [0.2, 0.25) is 0 Å². The summed E-state index contributed by atoms with van der Waals surface area (Å²) in [7, 11) is 0. The molecule has 25 heavy (non-hydrogen) atoms. The molecule has 7 nitrogen and oxygen atoms in total. The number of nitrogens with zero attached hydrogens (tertiary/aromatic N) is 5. The van der Waals surface area contributed by atoms with Crippen LogP contribution in [0, 0.1) is 0 Å². The second kappa shape index (κ2) is 5.70. The second-order valence-corrected chi connectivity index (χ2v) is 6.88. The summed E-state index contributed by atoms with van der Waals surface area (Å²) >= 11 is 0. The molecule has 4 heterocycles. The smallest absolute Gasteiger partial charge is 0.227 e. The number of imidazole rings is 1. The first-order valence-corrected chi connectivity index (χ1v) is 8.77. The number of benzene rings is 1. The molecule has 0 aliphatic carbocycles. The number of anilines is 1. The maximum atomic E-state index is 11.8. The van der Waals surface area contributed by atoms with E-state index in [1.165, 1.54) is 0 Å². The van der Waals surface area contributed by atoms with Gasteiger partial charge in [-0.05, 0) is 18.6 Å². The molecule has 7 heteroatoms. The summed E-state index contributed by atoms with van der Waals surface area (Å²) in [4.78, 5) is 24.0. The van der Waals surface area contributed by atoms with E-state index in [4.69, 9.17) is 0 Å². The summed E-state index contributed by atoms with van der Waals surface area (Å²) in [5.74, 6) is 1.21. The summed E-state index contributed by atoms with van der Waals surface area (Å²) in [6, 6.07) is 8.47. The van der Waals surface area contributed by atoms with E-state index in [1.807, 2.05) is 40.2 Å². The molecule has 2 saturated heterocycles. The predicted molar refractivity (Wildman–Crippen MR) is 94.2 cm³/mol. The van der Waals surface area contributed by atoms with Gasteiger partial charge in [0.05, 0.1) is 35.5 Å². The first-order chi connectivity index (χ1) is 12.3. The normalized spacial score (nSPS) is 19.0. The van der Waals surface area contributed by atoms with Gasteiger partial charge >= 0.3 is 0 Å². The number of H-pyrrole nitrogens is 1. The molecule has 1 amide bonds. The standard InChI is InChI=1S/C18H20N6O/c25-18-6-3-7-23(18)13-8-19-24(11-13)14-9-22(10-14)12-17-20-15-4-1-2-5-16(15)21-17/h1-2,4-5,8,11,14H,3,6-7,9-10,12H2,(H,20,21). The van der Waals surface area contributed by atoms with Crippen molar-refractivity contribution in [3.63, 3.8) is 0 Å². The van der Waals surface area contributed by atoms with E-state index in [-0.39, 0.29) is 5.91 Å². The van der Waals surface area contributed by atoms with E-state index in [1.54, 1.807) is 0 Å². The molecular formula is C18H20N6O. The minimum absolute atomic E-state index is 0.208. The predicted octanol–water partition coefficient (Wildman–Crippen LogP) is 1.94. The summed E-state index contributed by atoms with van der Waals surface area (Å²) in [5.41, 5.74) is 3.03. The number of para-hydroxylation sites is 2. The molecule has 3 aromatic rings. The first kappa shape index (κ1) is 14.7. The number of nitrogens with one attached hydrogen (secondary N) is 1. The van der Waals surface area contributed by atoms with Gasteiger partial charge in [0.25, 0.3) is 0 Å². The van der Waals surface area contributed by atoms with Gasteiger partial charge in [-0.3, -0.25) is 14.4 Å². The van der Waals surface area contributed by atoms with Crippen LogP contribution < -0.4 is 4.90 Å². The van der Waals surface area contributed by atoms with E-state index < -0.39 is 0 Å². The Labute approximate surface area is 145 Å². The average molecular weight is 336 g/mol. The number of carbonyl (C=O) groups excluding carboxylic acids is 1. The molecule has 0 bridgehead atoms. The third-order valence-electron chi connectivity index (χ3n) is 5.10. The molecule has 0 atom stereocenters. The number of aromatic amines is 1. The lowest BCUT2D eigenvalue weighted by Gasteiger charge is -2.38. The van der Waals surface area contributed by atoms with Crippen LogP contribution in [0.15, 0.2) is 36.7 Å². The number of hydrogen-bond acceptors (Lipinski definition) is 4. The topological polar surface area (TPSA) is 70.1 Å². The Bertz CT molecular complexity index is 889. The van der Waals surface area contributed by atoms with Crippen molar-refractivity contribution < 1.29 is 4.79 Å². The largest absolute Gasteiger partial charge is 0.341 e. The average Bonchev–Trinajstić information content (AvgIpc) is 3.28. The number of carbonyl (C=O) groups is 1. The molecule has 2 aromatic heterocycles. The lowest BCUT2D eigenvalue weighted by Crippen LogP contribution is -2.47. The fourth-order valence-electron chi connectivity index (χ4n) is 3.72. The summed E-state index contributed by atoms with van der Waals surface area (Å²) < 4.78 is 2.00. The lowest BCUT2D eigenvalue weighted by molar-refractivity contribution is -0.117. The van der Waals surface area contributed by atoms with E-state index in [0.29, 0.717) is 12.5 Å². The first-order valence-electron chi connectivity index (χ1n) is 8.77. The Morgan fingerprint density at radius 3 is 2.92 bits per heavy atom. The zero-order valence-corrected chi connectivity index (χ0v) is 13.9.